The smallest absolute Gasteiger partial charge is 0.251 e. The average molecular weight is 399 g/mol. The molecule has 1 aromatic heterocycles. The highest BCUT2D eigenvalue weighted by molar-refractivity contribution is 7.92. The van der Waals surface area contributed by atoms with E-state index in [2.05, 4.69) is 10.3 Å². The van der Waals surface area contributed by atoms with Crippen LogP contribution in [0.15, 0.2) is 60.8 Å². The number of nitrogens with zero attached hydrogens (tertiary/aromatic N) is 2. The number of ether oxygens (including phenoxy) is 1. The van der Waals surface area contributed by atoms with E-state index in [1.54, 1.807) is 55.8 Å². The highest BCUT2D eigenvalue weighted by Gasteiger charge is 2.20. The van der Waals surface area contributed by atoms with Crippen molar-refractivity contribution in [2.45, 2.75) is 0 Å². The summed E-state index contributed by atoms with van der Waals surface area (Å²) in [6.45, 7) is 0.248. The molecule has 0 bridgehead atoms. The first kappa shape index (κ1) is 19.6. The number of fused-ring (bicyclic) bond motifs is 1. The van der Waals surface area contributed by atoms with Crippen LogP contribution in [0, 0.1) is 0 Å². The van der Waals surface area contributed by atoms with Gasteiger partial charge in [-0.2, -0.15) is 0 Å². The van der Waals surface area contributed by atoms with E-state index in [-0.39, 0.29) is 19.0 Å². The summed E-state index contributed by atoms with van der Waals surface area (Å²) in [6.07, 6.45) is 2.76. The van der Waals surface area contributed by atoms with Crippen LogP contribution >= 0.6 is 0 Å². The van der Waals surface area contributed by atoms with E-state index >= 15 is 0 Å². The minimum absolute atomic E-state index is 0.0937. The molecule has 0 radical (unpaired) electrons. The molecule has 8 heteroatoms. The fourth-order valence-corrected chi connectivity index (χ4v) is 3.80. The molecule has 0 unspecified atom stereocenters. The van der Waals surface area contributed by atoms with E-state index in [9.17, 15) is 13.2 Å². The second kappa shape index (κ2) is 8.26. The van der Waals surface area contributed by atoms with Gasteiger partial charge in [0.15, 0.2) is 0 Å². The van der Waals surface area contributed by atoms with Crippen LogP contribution < -0.4 is 14.4 Å². The van der Waals surface area contributed by atoms with Gasteiger partial charge in [-0.05, 0) is 36.4 Å². The first-order valence-corrected chi connectivity index (χ1v) is 10.5. The number of amides is 1. The standard InChI is InChI=1S/C20H21N3O4S/c1-27-17-10-8-16(9-11-17)20(24)22-13-14-23(28(2,25)26)18-7-3-5-15-6-4-12-21-19(15)18/h3-12H,13-14H2,1-2H3,(H,22,24). The maximum absolute atomic E-state index is 12.4. The third-order valence-electron chi connectivity index (χ3n) is 4.23. The maximum Gasteiger partial charge on any atom is 0.251 e. The highest BCUT2D eigenvalue weighted by atomic mass is 32.2. The molecule has 1 N–H and O–H groups in total. The quantitative estimate of drug-likeness (QED) is 0.659. The van der Waals surface area contributed by atoms with Gasteiger partial charge >= 0.3 is 0 Å². The third kappa shape index (κ3) is 4.40. The van der Waals surface area contributed by atoms with Gasteiger partial charge in [0.2, 0.25) is 10.0 Å². The molecule has 3 rings (SSSR count). The van der Waals surface area contributed by atoms with E-state index in [1.165, 1.54) is 4.31 Å². The monoisotopic (exact) mass is 399 g/mol. The number of pyridine rings is 1. The summed E-state index contributed by atoms with van der Waals surface area (Å²) in [5.74, 6) is 0.371. The fourth-order valence-electron chi connectivity index (χ4n) is 2.87. The Bertz CT molecular complexity index is 1080. The van der Waals surface area contributed by atoms with Crippen molar-refractivity contribution in [3.8, 4) is 5.75 Å². The Morgan fingerprint density at radius 3 is 2.50 bits per heavy atom. The molecule has 0 saturated carbocycles. The Morgan fingerprint density at radius 1 is 1.11 bits per heavy atom. The van der Waals surface area contributed by atoms with Crippen molar-refractivity contribution < 1.29 is 17.9 Å². The molecular weight excluding hydrogens is 378 g/mol. The molecule has 0 saturated heterocycles. The van der Waals surface area contributed by atoms with Gasteiger partial charge in [-0.15, -0.1) is 0 Å². The van der Waals surface area contributed by atoms with Crippen molar-refractivity contribution in [2.24, 2.45) is 0 Å². The number of carbonyl (C=O) groups is 1. The fraction of sp³-hybridized carbons (Fsp3) is 0.200. The van der Waals surface area contributed by atoms with Gasteiger partial charge in [0.05, 0.1) is 31.1 Å². The summed E-state index contributed by atoms with van der Waals surface area (Å²) in [5.41, 5.74) is 1.55. The Morgan fingerprint density at radius 2 is 1.82 bits per heavy atom. The van der Waals surface area contributed by atoms with Gasteiger partial charge < -0.3 is 10.1 Å². The largest absolute Gasteiger partial charge is 0.497 e. The summed E-state index contributed by atoms with van der Waals surface area (Å²) in [4.78, 5) is 16.6. The molecule has 1 heterocycles. The Labute approximate surface area is 164 Å². The Balaban J connectivity index is 1.76. The lowest BCUT2D eigenvalue weighted by molar-refractivity contribution is 0.0955. The van der Waals surface area contributed by atoms with Crippen LogP contribution in [0.2, 0.25) is 0 Å². The lowest BCUT2D eigenvalue weighted by Crippen LogP contribution is -2.38. The average Bonchev–Trinajstić information content (AvgIpc) is 2.70. The molecule has 3 aromatic rings. The predicted molar refractivity (Wildman–Crippen MR) is 109 cm³/mol. The number of hydrogen-bond donors (Lipinski definition) is 1. The highest BCUT2D eigenvalue weighted by Crippen LogP contribution is 2.26. The summed E-state index contributed by atoms with van der Waals surface area (Å²) in [7, 11) is -2.00. The topological polar surface area (TPSA) is 88.6 Å². The predicted octanol–water partition coefficient (Wildman–Crippen LogP) is 2.44. The van der Waals surface area contributed by atoms with Crippen molar-refractivity contribution in [1.29, 1.82) is 0 Å². The zero-order valence-corrected chi connectivity index (χ0v) is 16.4. The van der Waals surface area contributed by atoms with Crippen LogP contribution in [0.4, 0.5) is 5.69 Å². The second-order valence-electron chi connectivity index (χ2n) is 6.17. The van der Waals surface area contributed by atoms with E-state index in [4.69, 9.17) is 4.74 Å². The molecule has 7 nitrogen and oxygen atoms in total. The lowest BCUT2D eigenvalue weighted by atomic mass is 10.2. The third-order valence-corrected chi connectivity index (χ3v) is 5.41. The summed E-state index contributed by atoms with van der Waals surface area (Å²) in [5, 5.41) is 3.59. The Kier molecular flexibility index (Phi) is 5.79. The van der Waals surface area contributed by atoms with Crippen molar-refractivity contribution in [2.75, 3.05) is 30.8 Å². The minimum atomic E-state index is -3.56. The molecule has 0 spiro atoms. The van der Waals surface area contributed by atoms with Crippen LogP contribution in [0.1, 0.15) is 10.4 Å². The number of rotatable bonds is 7. The molecule has 0 atom stereocenters. The molecule has 0 aliphatic rings. The van der Waals surface area contributed by atoms with Gasteiger partial charge in [-0.25, -0.2) is 8.42 Å². The lowest BCUT2D eigenvalue weighted by Gasteiger charge is -2.23. The van der Waals surface area contributed by atoms with Crippen molar-refractivity contribution in [3.63, 3.8) is 0 Å². The second-order valence-corrected chi connectivity index (χ2v) is 8.08. The number of carbonyl (C=O) groups excluding carboxylic acids is 1. The minimum Gasteiger partial charge on any atom is -0.497 e. The number of sulfonamides is 1. The van der Waals surface area contributed by atoms with Crippen molar-refractivity contribution in [1.82, 2.24) is 10.3 Å². The van der Waals surface area contributed by atoms with Gasteiger partial charge in [0.1, 0.15) is 5.75 Å². The number of aromatic nitrogens is 1. The van der Waals surface area contributed by atoms with Gasteiger partial charge in [-0.3, -0.25) is 14.1 Å². The zero-order valence-electron chi connectivity index (χ0n) is 15.6. The SMILES string of the molecule is COc1ccc(C(=O)NCCN(c2cccc3cccnc23)S(C)(=O)=O)cc1. The zero-order chi connectivity index (χ0) is 20.1. The van der Waals surface area contributed by atoms with Gasteiger partial charge in [-0.1, -0.05) is 18.2 Å². The van der Waals surface area contributed by atoms with Crippen LogP contribution in [0.3, 0.4) is 0 Å². The number of benzene rings is 2. The first-order chi connectivity index (χ1) is 13.4. The van der Waals surface area contributed by atoms with Crippen molar-refractivity contribution in [3.05, 3.63) is 66.4 Å². The molecular formula is C20H21N3O4S. The normalized spacial score (nSPS) is 11.2. The van der Waals surface area contributed by atoms with Crippen LogP contribution in [0.5, 0.6) is 5.75 Å². The van der Waals surface area contributed by atoms with Crippen LogP contribution in [-0.2, 0) is 10.0 Å². The Hall–Kier alpha value is -3.13. The number of anilines is 1. The molecule has 1 amide bonds. The van der Waals surface area contributed by atoms with Gasteiger partial charge in [0, 0.05) is 23.7 Å². The number of hydrogen-bond acceptors (Lipinski definition) is 5. The van der Waals surface area contributed by atoms with E-state index in [0.717, 1.165) is 11.6 Å². The number of methoxy groups -OCH3 is 1. The molecule has 2 aromatic carbocycles. The molecule has 146 valence electrons. The number of para-hydroxylation sites is 1. The molecule has 0 fully saturated rings. The summed E-state index contributed by atoms with van der Waals surface area (Å²) < 4.78 is 31.1. The van der Waals surface area contributed by atoms with E-state index in [1.807, 2.05) is 12.1 Å². The van der Waals surface area contributed by atoms with Crippen LogP contribution in [-0.4, -0.2) is 45.8 Å². The maximum atomic E-state index is 12.4. The van der Waals surface area contributed by atoms with E-state index in [0.29, 0.717) is 22.5 Å². The van der Waals surface area contributed by atoms with Crippen LogP contribution in [0.25, 0.3) is 10.9 Å². The molecule has 0 aliphatic carbocycles. The number of nitrogens with one attached hydrogen (secondary N) is 1. The van der Waals surface area contributed by atoms with Gasteiger partial charge in [0.25, 0.3) is 5.91 Å². The van der Waals surface area contributed by atoms with E-state index < -0.39 is 10.0 Å². The summed E-state index contributed by atoms with van der Waals surface area (Å²) >= 11 is 0. The molecule has 28 heavy (non-hydrogen) atoms. The molecule has 0 aliphatic heterocycles. The summed E-state index contributed by atoms with van der Waals surface area (Å²) in [6, 6.07) is 15.7. The van der Waals surface area contributed by atoms with Crippen molar-refractivity contribution >= 4 is 32.5 Å². The first-order valence-electron chi connectivity index (χ1n) is 8.64.